The van der Waals surface area contributed by atoms with Crippen molar-refractivity contribution in [2.24, 2.45) is 0 Å². The number of amides is 1. The van der Waals surface area contributed by atoms with Crippen LogP contribution in [0.25, 0.3) is 10.6 Å². The van der Waals surface area contributed by atoms with E-state index in [-0.39, 0.29) is 15.5 Å². The lowest BCUT2D eigenvalue weighted by molar-refractivity contribution is -0.117. The molecule has 1 atom stereocenters. The summed E-state index contributed by atoms with van der Waals surface area (Å²) in [5.41, 5.74) is 0.503. The van der Waals surface area contributed by atoms with Gasteiger partial charge in [-0.3, -0.25) is 9.10 Å². The molecule has 2 aromatic heterocycles. The summed E-state index contributed by atoms with van der Waals surface area (Å²) < 4.78 is 38.5. The predicted molar refractivity (Wildman–Crippen MR) is 113 cm³/mol. The van der Waals surface area contributed by atoms with Gasteiger partial charge in [0.25, 0.3) is 10.0 Å². The third-order valence-electron chi connectivity index (χ3n) is 4.56. The summed E-state index contributed by atoms with van der Waals surface area (Å²) in [4.78, 5) is 24.8. The molecule has 0 saturated carbocycles. The molecule has 30 heavy (non-hydrogen) atoms. The molecular formula is C19H15ClN2O6S2. The van der Waals surface area contributed by atoms with E-state index in [9.17, 15) is 18.0 Å². The second kappa shape index (κ2) is 7.46. The molecular weight excluding hydrogens is 452 g/mol. The van der Waals surface area contributed by atoms with Crippen LogP contribution >= 0.6 is 22.9 Å². The third kappa shape index (κ3) is 3.26. The molecule has 0 bridgehead atoms. The number of hydrogen-bond acceptors (Lipinski definition) is 7. The molecule has 0 saturated heterocycles. The number of sulfonamides is 1. The molecule has 3 aromatic rings. The van der Waals surface area contributed by atoms with Gasteiger partial charge in [-0.15, -0.1) is 11.3 Å². The number of halogens is 1. The molecule has 0 aliphatic carbocycles. The molecule has 0 radical (unpaired) electrons. The molecule has 8 nitrogen and oxygen atoms in total. The van der Waals surface area contributed by atoms with E-state index in [0.717, 1.165) is 22.8 Å². The van der Waals surface area contributed by atoms with Crippen LogP contribution in [0.15, 0.2) is 52.0 Å². The third-order valence-corrected chi connectivity index (χ3v) is 7.96. The minimum Gasteiger partial charge on any atom is -0.465 e. The first-order valence-electron chi connectivity index (χ1n) is 8.65. The molecule has 1 amide bonds. The lowest BCUT2D eigenvalue weighted by Gasteiger charge is -2.35. The molecule has 0 spiro atoms. The van der Waals surface area contributed by atoms with E-state index in [4.69, 9.17) is 20.8 Å². The molecule has 4 rings (SSSR count). The number of rotatable bonds is 4. The fourth-order valence-corrected chi connectivity index (χ4v) is 6.47. The molecule has 1 aliphatic heterocycles. The highest BCUT2D eigenvalue weighted by Gasteiger charge is 2.41. The summed E-state index contributed by atoms with van der Waals surface area (Å²) in [6.07, 6.45) is 1.44. The van der Waals surface area contributed by atoms with Crippen LogP contribution in [-0.4, -0.2) is 33.4 Å². The maximum Gasteiger partial charge on any atom is 0.349 e. The lowest BCUT2D eigenvalue weighted by atomic mass is 10.1. The molecule has 11 heteroatoms. The Morgan fingerprint density at radius 1 is 1.30 bits per heavy atom. The molecule has 1 unspecified atom stereocenters. The Hall–Kier alpha value is -2.82. The van der Waals surface area contributed by atoms with Crippen LogP contribution in [0.5, 0.6) is 0 Å². The fraction of sp³-hybridized carbons (Fsp3) is 0.158. The van der Waals surface area contributed by atoms with E-state index >= 15 is 0 Å². The highest BCUT2D eigenvalue weighted by molar-refractivity contribution is 7.93. The maximum absolute atomic E-state index is 13.7. The standard InChI is InChI=1S/C19H15ClN2O6S2/c1-10-18(23)21-12-6-5-11(20)8-13(12)22(10)30(25,26)16-9-15(14-4-3-7-28-14)29-17(16)19(24)27-2/h3-10H,1-2H3,(H,21,23). The fourth-order valence-electron chi connectivity index (χ4n) is 3.13. The van der Waals surface area contributed by atoms with Crippen molar-refractivity contribution in [2.75, 3.05) is 16.7 Å². The molecule has 1 N–H and O–H groups in total. The number of carbonyl (C=O) groups is 2. The zero-order valence-corrected chi connectivity index (χ0v) is 18.1. The number of nitrogens with one attached hydrogen (secondary N) is 1. The van der Waals surface area contributed by atoms with Crippen LogP contribution < -0.4 is 9.62 Å². The zero-order chi connectivity index (χ0) is 21.6. The summed E-state index contributed by atoms with van der Waals surface area (Å²) in [6, 6.07) is 8.08. The van der Waals surface area contributed by atoms with Crippen LogP contribution in [0.1, 0.15) is 16.6 Å². The largest absolute Gasteiger partial charge is 0.465 e. The molecule has 0 fully saturated rings. The average molecular weight is 467 g/mol. The second-order valence-corrected chi connectivity index (χ2v) is 9.67. The van der Waals surface area contributed by atoms with Crippen molar-refractivity contribution in [3.8, 4) is 10.6 Å². The number of anilines is 2. The van der Waals surface area contributed by atoms with Crippen molar-refractivity contribution in [3.63, 3.8) is 0 Å². The van der Waals surface area contributed by atoms with Gasteiger partial charge in [0.05, 0.1) is 29.6 Å². The number of benzene rings is 1. The number of thiophene rings is 1. The normalized spacial score (nSPS) is 16.2. The summed E-state index contributed by atoms with van der Waals surface area (Å²) in [7, 11) is -3.18. The van der Waals surface area contributed by atoms with E-state index in [1.807, 2.05) is 0 Å². The molecule has 156 valence electrons. The van der Waals surface area contributed by atoms with Crippen LogP contribution in [-0.2, 0) is 19.6 Å². The first-order valence-corrected chi connectivity index (χ1v) is 11.3. The van der Waals surface area contributed by atoms with E-state index < -0.39 is 27.9 Å². The van der Waals surface area contributed by atoms with Gasteiger partial charge < -0.3 is 14.5 Å². The highest BCUT2D eigenvalue weighted by atomic mass is 35.5. The smallest absolute Gasteiger partial charge is 0.349 e. The molecule has 1 aliphatic rings. The Bertz CT molecular complexity index is 1250. The van der Waals surface area contributed by atoms with Gasteiger partial charge in [0.15, 0.2) is 0 Å². The van der Waals surface area contributed by atoms with E-state index in [1.54, 1.807) is 18.2 Å². The number of methoxy groups -OCH3 is 1. The maximum atomic E-state index is 13.7. The second-order valence-electron chi connectivity index (χ2n) is 6.40. The quantitative estimate of drug-likeness (QED) is 0.583. The number of ether oxygens (including phenoxy) is 1. The van der Waals surface area contributed by atoms with Gasteiger partial charge in [0, 0.05) is 5.02 Å². The summed E-state index contributed by atoms with van der Waals surface area (Å²) in [6.45, 7) is 1.45. The first kappa shape index (κ1) is 20.5. The first-order chi connectivity index (χ1) is 14.2. The SMILES string of the molecule is COC(=O)c1sc(-c2ccco2)cc1S(=O)(=O)N1c2cc(Cl)ccc2NC(=O)C1C. The summed E-state index contributed by atoms with van der Waals surface area (Å²) >= 11 is 7.01. The number of nitrogens with zero attached hydrogens (tertiary/aromatic N) is 1. The minimum atomic E-state index is -4.35. The van der Waals surface area contributed by atoms with Gasteiger partial charge in [0.2, 0.25) is 5.91 Å². The van der Waals surface area contributed by atoms with Crippen molar-refractivity contribution in [1.82, 2.24) is 0 Å². The Balaban J connectivity index is 1.93. The van der Waals surface area contributed by atoms with Gasteiger partial charge >= 0.3 is 5.97 Å². The van der Waals surface area contributed by atoms with Crippen molar-refractivity contribution in [2.45, 2.75) is 17.9 Å². The Labute approximate surface area is 181 Å². The Morgan fingerprint density at radius 3 is 2.73 bits per heavy atom. The van der Waals surface area contributed by atoms with Crippen LogP contribution in [0, 0.1) is 0 Å². The van der Waals surface area contributed by atoms with Crippen molar-refractivity contribution >= 4 is 56.2 Å². The highest BCUT2D eigenvalue weighted by Crippen LogP contribution is 2.41. The number of esters is 1. The van der Waals surface area contributed by atoms with Gasteiger partial charge in [-0.25, -0.2) is 13.2 Å². The number of furan rings is 1. The number of hydrogen-bond donors (Lipinski definition) is 1. The summed E-state index contributed by atoms with van der Waals surface area (Å²) in [5, 5.41) is 2.96. The van der Waals surface area contributed by atoms with Gasteiger partial charge in [-0.2, -0.15) is 0 Å². The van der Waals surface area contributed by atoms with Crippen molar-refractivity contribution < 1.29 is 27.2 Å². The Kier molecular flexibility index (Phi) is 5.08. The molecule has 3 heterocycles. The lowest BCUT2D eigenvalue weighted by Crippen LogP contribution is -2.49. The van der Waals surface area contributed by atoms with Crippen molar-refractivity contribution in [3.05, 3.63) is 52.6 Å². The minimum absolute atomic E-state index is 0.120. The molecule has 1 aromatic carbocycles. The number of carbonyl (C=O) groups excluding carboxylic acids is 2. The van der Waals surface area contributed by atoms with Gasteiger partial charge in [-0.05, 0) is 43.3 Å². The number of fused-ring (bicyclic) bond motifs is 1. The van der Waals surface area contributed by atoms with Crippen molar-refractivity contribution in [1.29, 1.82) is 0 Å². The van der Waals surface area contributed by atoms with Gasteiger partial charge in [0.1, 0.15) is 21.6 Å². The van der Waals surface area contributed by atoms with Crippen LogP contribution in [0.2, 0.25) is 5.02 Å². The average Bonchev–Trinajstić information content (AvgIpc) is 3.38. The van der Waals surface area contributed by atoms with Crippen LogP contribution in [0.3, 0.4) is 0 Å². The topological polar surface area (TPSA) is 106 Å². The zero-order valence-electron chi connectivity index (χ0n) is 15.7. The van der Waals surface area contributed by atoms with Gasteiger partial charge in [-0.1, -0.05) is 11.6 Å². The van der Waals surface area contributed by atoms with E-state index in [0.29, 0.717) is 21.3 Å². The van der Waals surface area contributed by atoms with E-state index in [1.165, 1.54) is 31.4 Å². The monoisotopic (exact) mass is 466 g/mol. The predicted octanol–water partition coefficient (Wildman–Crippen LogP) is 3.98. The van der Waals surface area contributed by atoms with Crippen LogP contribution in [0.4, 0.5) is 11.4 Å². The van der Waals surface area contributed by atoms with E-state index in [2.05, 4.69) is 5.32 Å². The summed E-state index contributed by atoms with van der Waals surface area (Å²) in [5.74, 6) is -0.911. The Morgan fingerprint density at radius 2 is 2.07 bits per heavy atom.